The van der Waals surface area contributed by atoms with E-state index in [1.165, 1.54) is 5.56 Å². The number of aromatic amines is 1. The SMILES string of the molecule is CCCn1cnnc1CN(C)C(=O)N[C@@H](c1nc2ccc(C)cc2[nH]1)C(C)C. The number of urea groups is 1. The van der Waals surface area contributed by atoms with Gasteiger partial charge < -0.3 is 19.8 Å². The second-order valence-electron chi connectivity index (χ2n) is 7.61. The Kier molecular flexibility index (Phi) is 5.96. The van der Waals surface area contributed by atoms with E-state index in [1.807, 2.05) is 23.6 Å². The smallest absolute Gasteiger partial charge is 0.318 e. The molecule has 3 aromatic rings. The zero-order valence-electron chi connectivity index (χ0n) is 17.2. The first-order chi connectivity index (χ1) is 13.4. The molecule has 0 aliphatic rings. The van der Waals surface area contributed by atoms with Crippen molar-refractivity contribution in [3.05, 3.63) is 41.7 Å². The fraction of sp³-hybridized carbons (Fsp3) is 0.500. The van der Waals surface area contributed by atoms with Gasteiger partial charge in [0.25, 0.3) is 0 Å². The van der Waals surface area contributed by atoms with Crippen molar-refractivity contribution in [1.82, 2.24) is 34.9 Å². The van der Waals surface area contributed by atoms with Gasteiger partial charge in [-0.15, -0.1) is 10.2 Å². The molecule has 0 fully saturated rings. The van der Waals surface area contributed by atoms with E-state index < -0.39 is 0 Å². The van der Waals surface area contributed by atoms with Crippen molar-refractivity contribution in [3.63, 3.8) is 0 Å². The molecule has 150 valence electrons. The summed E-state index contributed by atoms with van der Waals surface area (Å²) in [6.07, 6.45) is 2.69. The molecule has 2 heterocycles. The third-order valence-corrected chi connectivity index (χ3v) is 4.78. The zero-order valence-corrected chi connectivity index (χ0v) is 17.2. The van der Waals surface area contributed by atoms with Crippen LogP contribution in [0, 0.1) is 12.8 Å². The average molecular weight is 384 g/mol. The molecule has 0 spiro atoms. The summed E-state index contributed by atoms with van der Waals surface area (Å²) in [5.74, 6) is 1.73. The molecule has 2 aromatic heterocycles. The van der Waals surface area contributed by atoms with Crippen molar-refractivity contribution < 1.29 is 4.79 Å². The van der Waals surface area contributed by atoms with Crippen molar-refractivity contribution in [2.24, 2.45) is 5.92 Å². The Morgan fingerprint density at radius 2 is 2.14 bits per heavy atom. The minimum atomic E-state index is -0.212. The van der Waals surface area contributed by atoms with Crippen molar-refractivity contribution in [1.29, 1.82) is 0 Å². The van der Waals surface area contributed by atoms with E-state index in [1.54, 1.807) is 18.3 Å². The highest BCUT2D eigenvalue weighted by atomic mass is 16.2. The third-order valence-electron chi connectivity index (χ3n) is 4.78. The van der Waals surface area contributed by atoms with Gasteiger partial charge in [0.1, 0.15) is 12.2 Å². The van der Waals surface area contributed by atoms with Gasteiger partial charge in [-0.1, -0.05) is 26.8 Å². The van der Waals surface area contributed by atoms with Gasteiger partial charge in [-0.3, -0.25) is 0 Å². The Balaban J connectivity index is 1.73. The Hall–Kier alpha value is -2.90. The molecule has 0 bridgehead atoms. The number of H-pyrrole nitrogens is 1. The van der Waals surface area contributed by atoms with Gasteiger partial charge in [0, 0.05) is 13.6 Å². The maximum Gasteiger partial charge on any atom is 0.318 e. The molecule has 1 aromatic carbocycles. The quantitative estimate of drug-likeness (QED) is 0.654. The lowest BCUT2D eigenvalue weighted by molar-refractivity contribution is 0.196. The van der Waals surface area contributed by atoms with Gasteiger partial charge in [0.05, 0.1) is 23.6 Å². The van der Waals surface area contributed by atoms with Crippen LogP contribution in [0.4, 0.5) is 4.79 Å². The van der Waals surface area contributed by atoms with E-state index in [0.717, 1.165) is 35.6 Å². The van der Waals surface area contributed by atoms with E-state index in [9.17, 15) is 4.79 Å². The zero-order chi connectivity index (χ0) is 20.3. The normalized spacial score (nSPS) is 12.5. The number of carbonyl (C=O) groups is 1. The molecular formula is C20H29N7O. The molecule has 0 saturated heterocycles. The van der Waals surface area contributed by atoms with Gasteiger partial charge in [0.15, 0.2) is 5.82 Å². The van der Waals surface area contributed by atoms with Crippen LogP contribution in [0.2, 0.25) is 0 Å². The standard InChI is InChI=1S/C20H29N7O/c1-6-9-27-12-21-25-17(27)11-26(5)20(28)24-18(13(2)3)19-22-15-8-7-14(4)10-16(15)23-19/h7-8,10,12-13,18H,6,9,11H2,1-5H3,(H,22,23)(H,24,28)/t18-/m1/s1. The van der Waals surface area contributed by atoms with Crippen molar-refractivity contribution in [2.75, 3.05) is 7.05 Å². The van der Waals surface area contributed by atoms with E-state index in [0.29, 0.717) is 6.54 Å². The highest BCUT2D eigenvalue weighted by Crippen LogP contribution is 2.23. The van der Waals surface area contributed by atoms with Crippen LogP contribution in [0.1, 0.15) is 50.4 Å². The maximum absolute atomic E-state index is 12.8. The molecule has 2 amide bonds. The molecule has 1 atom stereocenters. The topological polar surface area (TPSA) is 91.7 Å². The predicted molar refractivity (Wildman–Crippen MR) is 109 cm³/mol. The molecule has 8 heteroatoms. The highest BCUT2D eigenvalue weighted by molar-refractivity contribution is 5.77. The van der Waals surface area contributed by atoms with E-state index in [2.05, 4.69) is 52.3 Å². The third kappa shape index (κ3) is 4.32. The molecule has 2 N–H and O–H groups in total. The minimum Gasteiger partial charge on any atom is -0.340 e. The van der Waals surface area contributed by atoms with Crippen LogP contribution in [-0.4, -0.2) is 42.7 Å². The van der Waals surface area contributed by atoms with Crippen LogP contribution in [-0.2, 0) is 13.1 Å². The van der Waals surface area contributed by atoms with Crippen LogP contribution in [0.25, 0.3) is 11.0 Å². The number of hydrogen-bond donors (Lipinski definition) is 2. The molecule has 8 nitrogen and oxygen atoms in total. The number of nitrogens with one attached hydrogen (secondary N) is 2. The van der Waals surface area contributed by atoms with Crippen molar-refractivity contribution in [2.45, 2.75) is 53.2 Å². The monoisotopic (exact) mass is 383 g/mol. The molecular weight excluding hydrogens is 354 g/mol. The summed E-state index contributed by atoms with van der Waals surface area (Å²) in [7, 11) is 1.76. The van der Waals surface area contributed by atoms with E-state index in [4.69, 9.17) is 0 Å². The second-order valence-corrected chi connectivity index (χ2v) is 7.61. The summed E-state index contributed by atoms with van der Waals surface area (Å²) >= 11 is 0. The van der Waals surface area contributed by atoms with E-state index >= 15 is 0 Å². The Labute approximate surface area is 165 Å². The lowest BCUT2D eigenvalue weighted by atomic mass is 10.0. The summed E-state index contributed by atoms with van der Waals surface area (Å²) < 4.78 is 1.98. The number of imidazole rings is 1. The number of aromatic nitrogens is 5. The first-order valence-electron chi connectivity index (χ1n) is 9.73. The molecule has 0 aliphatic carbocycles. The largest absolute Gasteiger partial charge is 0.340 e. The first-order valence-corrected chi connectivity index (χ1v) is 9.73. The number of aryl methyl sites for hydroxylation is 2. The summed E-state index contributed by atoms with van der Waals surface area (Å²) in [5.41, 5.74) is 3.06. The number of hydrogen-bond acceptors (Lipinski definition) is 4. The number of carbonyl (C=O) groups excluding carboxylic acids is 1. The highest BCUT2D eigenvalue weighted by Gasteiger charge is 2.24. The second kappa shape index (κ2) is 8.41. The average Bonchev–Trinajstić information content (AvgIpc) is 3.25. The number of nitrogens with zero attached hydrogens (tertiary/aromatic N) is 5. The van der Waals surface area contributed by atoms with Gasteiger partial charge in [-0.05, 0) is 37.0 Å². The summed E-state index contributed by atoms with van der Waals surface area (Å²) in [6.45, 7) is 9.53. The molecule has 28 heavy (non-hydrogen) atoms. The minimum absolute atomic E-state index is 0.165. The molecule has 0 radical (unpaired) electrons. The lowest BCUT2D eigenvalue weighted by Crippen LogP contribution is -2.41. The molecule has 3 rings (SSSR count). The Morgan fingerprint density at radius 1 is 1.36 bits per heavy atom. The summed E-state index contributed by atoms with van der Waals surface area (Å²) in [4.78, 5) is 22.5. The Morgan fingerprint density at radius 3 is 2.86 bits per heavy atom. The maximum atomic E-state index is 12.8. The van der Waals surface area contributed by atoms with Crippen LogP contribution in [0.5, 0.6) is 0 Å². The summed E-state index contributed by atoms with van der Waals surface area (Å²) in [6, 6.07) is 5.72. The van der Waals surface area contributed by atoms with Gasteiger partial charge in [-0.25, -0.2) is 9.78 Å². The fourth-order valence-corrected chi connectivity index (χ4v) is 3.20. The van der Waals surface area contributed by atoms with Gasteiger partial charge >= 0.3 is 6.03 Å². The van der Waals surface area contributed by atoms with Gasteiger partial charge in [-0.2, -0.15) is 0 Å². The van der Waals surface area contributed by atoms with Crippen LogP contribution < -0.4 is 5.32 Å². The van der Waals surface area contributed by atoms with Crippen molar-refractivity contribution in [3.8, 4) is 0 Å². The fourth-order valence-electron chi connectivity index (χ4n) is 3.20. The molecule has 0 aliphatic heterocycles. The lowest BCUT2D eigenvalue weighted by Gasteiger charge is -2.24. The van der Waals surface area contributed by atoms with Crippen LogP contribution in [0.15, 0.2) is 24.5 Å². The van der Waals surface area contributed by atoms with Crippen molar-refractivity contribution >= 4 is 17.1 Å². The van der Waals surface area contributed by atoms with Gasteiger partial charge in [0.2, 0.25) is 0 Å². The van der Waals surface area contributed by atoms with Crippen LogP contribution >= 0.6 is 0 Å². The van der Waals surface area contributed by atoms with E-state index in [-0.39, 0.29) is 18.0 Å². The molecule has 0 unspecified atom stereocenters. The molecule has 0 saturated carbocycles. The number of amides is 2. The van der Waals surface area contributed by atoms with Crippen LogP contribution in [0.3, 0.4) is 0 Å². The number of benzene rings is 1. The first kappa shape index (κ1) is 19.9. The predicted octanol–water partition coefficient (Wildman–Crippen LogP) is 3.41. The Bertz CT molecular complexity index is 943. The number of fused-ring (bicyclic) bond motifs is 1. The number of rotatable bonds is 7. The summed E-state index contributed by atoms with van der Waals surface area (Å²) in [5, 5.41) is 11.2.